The van der Waals surface area contributed by atoms with E-state index in [2.05, 4.69) is 19.2 Å². The van der Waals surface area contributed by atoms with Gasteiger partial charge in [0.05, 0.1) is 6.10 Å². The Bertz CT molecular complexity index is 186. The molecule has 0 aromatic heterocycles. The summed E-state index contributed by atoms with van der Waals surface area (Å²) in [6.07, 6.45) is 5.35. The topological polar surface area (TPSA) is 47.3 Å². The van der Waals surface area contributed by atoms with Crippen LogP contribution in [0.15, 0.2) is 0 Å². The number of hydrogen-bond donors (Lipinski definition) is 2. The SMILES string of the molecule is CCC1CCCC1(CN)NCC(C)OC. The maximum absolute atomic E-state index is 5.96. The van der Waals surface area contributed by atoms with Gasteiger partial charge in [-0.1, -0.05) is 19.8 Å². The van der Waals surface area contributed by atoms with Crippen LogP contribution in [0.25, 0.3) is 0 Å². The molecule has 1 aliphatic rings. The van der Waals surface area contributed by atoms with Crippen LogP contribution in [0.1, 0.15) is 39.5 Å². The molecule has 3 N–H and O–H groups in total. The number of methoxy groups -OCH3 is 1. The van der Waals surface area contributed by atoms with Crippen molar-refractivity contribution in [2.24, 2.45) is 11.7 Å². The highest BCUT2D eigenvalue weighted by atomic mass is 16.5. The van der Waals surface area contributed by atoms with Crippen molar-refractivity contribution in [1.29, 1.82) is 0 Å². The molecule has 0 aromatic rings. The highest BCUT2D eigenvalue weighted by molar-refractivity contribution is 4.99. The second kappa shape index (κ2) is 5.83. The highest BCUT2D eigenvalue weighted by Crippen LogP contribution is 2.37. The quantitative estimate of drug-likeness (QED) is 0.705. The van der Waals surface area contributed by atoms with Crippen LogP contribution in [0, 0.1) is 5.92 Å². The molecule has 3 atom stereocenters. The normalized spacial score (nSPS) is 33.2. The fourth-order valence-corrected chi connectivity index (χ4v) is 2.74. The molecule has 1 rings (SSSR count). The predicted molar refractivity (Wildman–Crippen MR) is 63.9 cm³/mol. The Labute approximate surface area is 93.8 Å². The first-order valence-corrected chi connectivity index (χ1v) is 6.16. The first kappa shape index (κ1) is 12.9. The van der Waals surface area contributed by atoms with E-state index in [1.165, 1.54) is 25.7 Å². The summed E-state index contributed by atoms with van der Waals surface area (Å²) in [5.74, 6) is 0.742. The smallest absolute Gasteiger partial charge is 0.0667 e. The Morgan fingerprint density at radius 2 is 2.33 bits per heavy atom. The lowest BCUT2D eigenvalue weighted by Gasteiger charge is -2.36. The van der Waals surface area contributed by atoms with Crippen molar-refractivity contribution in [3.63, 3.8) is 0 Å². The van der Waals surface area contributed by atoms with Gasteiger partial charge in [0.25, 0.3) is 0 Å². The van der Waals surface area contributed by atoms with Crippen LogP contribution < -0.4 is 11.1 Å². The van der Waals surface area contributed by atoms with E-state index in [-0.39, 0.29) is 11.6 Å². The van der Waals surface area contributed by atoms with Crippen LogP contribution in [0.2, 0.25) is 0 Å². The minimum atomic E-state index is 0.182. The number of ether oxygens (including phenoxy) is 1. The van der Waals surface area contributed by atoms with Crippen molar-refractivity contribution in [3.05, 3.63) is 0 Å². The standard InChI is InChI=1S/C12H26N2O/c1-4-11-6-5-7-12(11,9-13)14-8-10(2)15-3/h10-11,14H,4-9,13H2,1-3H3. The zero-order chi connectivity index (χ0) is 11.3. The lowest BCUT2D eigenvalue weighted by atomic mass is 9.85. The van der Waals surface area contributed by atoms with Gasteiger partial charge in [-0.25, -0.2) is 0 Å². The first-order chi connectivity index (χ1) is 7.18. The number of nitrogens with two attached hydrogens (primary N) is 1. The van der Waals surface area contributed by atoms with Crippen molar-refractivity contribution < 1.29 is 4.74 Å². The first-order valence-electron chi connectivity index (χ1n) is 6.16. The molecule has 0 saturated heterocycles. The molecule has 3 heteroatoms. The van der Waals surface area contributed by atoms with Gasteiger partial charge in [0.15, 0.2) is 0 Å². The molecule has 90 valence electrons. The van der Waals surface area contributed by atoms with Gasteiger partial charge in [-0.15, -0.1) is 0 Å². The van der Waals surface area contributed by atoms with Gasteiger partial charge in [-0.05, 0) is 25.7 Å². The van der Waals surface area contributed by atoms with E-state index in [1.54, 1.807) is 7.11 Å². The Kier molecular flexibility index (Phi) is 5.03. The fraction of sp³-hybridized carbons (Fsp3) is 1.00. The monoisotopic (exact) mass is 214 g/mol. The maximum Gasteiger partial charge on any atom is 0.0667 e. The second-order valence-electron chi connectivity index (χ2n) is 4.78. The molecular weight excluding hydrogens is 188 g/mol. The second-order valence-corrected chi connectivity index (χ2v) is 4.78. The van der Waals surface area contributed by atoms with E-state index < -0.39 is 0 Å². The van der Waals surface area contributed by atoms with Crippen molar-refractivity contribution >= 4 is 0 Å². The van der Waals surface area contributed by atoms with Crippen molar-refractivity contribution in [2.75, 3.05) is 20.2 Å². The summed E-state index contributed by atoms with van der Waals surface area (Å²) in [5.41, 5.74) is 6.14. The lowest BCUT2D eigenvalue weighted by Crippen LogP contribution is -2.55. The van der Waals surface area contributed by atoms with Gasteiger partial charge < -0.3 is 15.8 Å². The number of rotatable bonds is 6. The van der Waals surface area contributed by atoms with Crippen LogP contribution in [0.5, 0.6) is 0 Å². The largest absolute Gasteiger partial charge is 0.380 e. The van der Waals surface area contributed by atoms with E-state index >= 15 is 0 Å². The van der Waals surface area contributed by atoms with Gasteiger partial charge in [-0.2, -0.15) is 0 Å². The summed E-state index contributed by atoms with van der Waals surface area (Å²) < 4.78 is 5.27. The summed E-state index contributed by atoms with van der Waals surface area (Å²) in [4.78, 5) is 0. The molecule has 15 heavy (non-hydrogen) atoms. The third-order valence-electron chi connectivity index (χ3n) is 3.96. The van der Waals surface area contributed by atoms with Crippen LogP contribution >= 0.6 is 0 Å². The van der Waals surface area contributed by atoms with Gasteiger partial charge >= 0.3 is 0 Å². The zero-order valence-electron chi connectivity index (χ0n) is 10.4. The summed E-state index contributed by atoms with van der Waals surface area (Å²) in [6, 6.07) is 0. The molecule has 1 fully saturated rings. The van der Waals surface area contributed by atoms with Gasteiger partial charge in [0.1, 0.15) is 0 Å². The molecule has 0 radical (unpaired) electrons. The zero-order valence-corrected chi connectivity index (χ0v) is 10.4. The minimum Gasteiger partial charge on any atom is -0.380 e. The van der Waals surface area contributed by atoms with E-state index in [0.717, 1.165) is 19.0 Å². The van der Waals surface area contributed by atoms with Gasteiger partial charge in [0, 0.05) is 25.7 Å². The predicted octanol–water partition coefficient (Wildman–Crippen LogP) is 1.52. The minimum absolute atomic E-state index is 0.182. The summed E-state index contributed by atoms with van der Waals surface area (Å²) in [7, 11) is 1.76. The highest BCUT2D eigenvalue weighted by Gasteiger charge is 2.40. The Balaban J connectivity index is 2.52. The summed E-state index contributed by atoms with van der Waals surface area (Å²) >= 11 is 0. The molecule has 0 amide bonds. The molecule has 0 bridgehead atoms. The number of hydrogen-bond acceptors (Lipinski definition) is 3. The lowest BCUT2D eigenvalue weighted by molar-refractivity contribution is 0.101. The molecule has 3 nitrogen and oxygen atoms in total. The van der Waals surface area contributed by atoms with E-state index in [1.807, 2.05) is 0 Å². The molecule has 0 aromatic carbocycles. The Hall–Kier alpha value is -0.120. The average Bonchev–Trinajstić information content (AvgIpc) is 2.69. The Morgan fingerprint density at radius 1 is 1.60 bits per heavy atom. The molecule has 3 unspecified atom stereocenters. The molecule has 0 spiro atoms. The molecule has 0 aliphatic heterocycles. The van der Waals surface area contributed by atoms with Gasteiger partial charge in [-0.3, -0.25) is 0 Å². The van der Waals surface area contributed by atoms with Crippen LogP contribution in [-0.4, -0.2) is 31.8 Å². The van der Waals surface area contributed by atoms with E-state index in [0.29, 0.717) is 0 Å². The van der Waals surface area contributed by atoms with E-state index in [9.17, 15) is 0 Å². The Morgan fingerprint density at radius 3 is 2.87 bits per heavy atom. The number of nitrogens with one attached hydrogen (secondary N) is 1. The van der Waals surface area contributed by atoms with Crippen LogP contribution in [-0.2, 0) is 4.74 Å². The summed E-state index contributed by atoms with van der Waals surface area (Å²) in [6.45, 7) is 6.01. The fourth-order valence-electron chi connectivity index (χ4n) is 2.74. The molecule has 1 saturated carbocycles. The maximum atomic E-state index is 5.96. The molecule has 0 heterocycles. The molecule has 1 aliphatic carbocycles. The van der Waals surface area contributed by atoms with Crippen LogP contribution in [0.3, 0.4) is 0 Å². The van der Waals surface area contributed by atoms with E-state index in [4.69, 9.17) is 10.5 Å². The summed E-state index contributed by atoms with van der Waals surface area (Å²) in [5, 5.41) is 3.65. The molecular formula is C12H26N2O. The average molecular weight is 214 g/mol. The van der Waals surface area contributed by atoms with Crippen LogP contribution in [0.4, 0.5) is 0 Å². The van der Waals surface area contributed by atoms with Gasteiger partial charge in [0.2, 0.25) is 0 Å². The third-order valence-corrected chi connectivity index (χ3v) is 3.96. The van der Waals surface area contributed by atoms with Crippen molar-refractivity contribution in [3.8, 4) is 0 Å². The van der Waals surface area contributed by atoms with Crippen molar-refractivity contribution in [1.82, 2.24) is 5.32 Å². The van der Waals surface area contributed by atoms with Crippen molar-refractivity contribution in [2.45, 2.75) is 51.2 Å². The third kappa shape index (κ3) is 2.92.